The Morgan fingerprint density at radius 1 is 1.29 bits per heavy atom. The largest absolute Gasteiger partial charge is 1.00 e. The van der Waals surface area contributed by atoms with Gasteiger partial charge in [-0.1, -0.05) is 6.42 Å². The summed E-state index contributed by atoms with van der Waals surface area (Å²) in [7, 11) is -1.30. The first-order valence-electron chi connectivity index (χ1n) is 4.74. The summed E-state index contributed by atoms with van der Waals surface area (Å²) in [6, 6.07) is 1.58. The summed E-state index contributed by atoms with van der Waals surface area (Å²) >= 11 is 0. The molecule has 0 saturated carbocycles. The molecule has 0 spiro atoms. The molecular weight excluding hydrogens is 220 g/mol. The number of alkyl halides is 3. The van der Waals surface area contributed by atoms with Crippen LogP contribution in [0.3, 0.4) is 0 Å². The zero-order valence-electron chi connectivity index (χ0n) is 9.52. The molecule has 1 fully saturated rings. The molecule has 0 aliphatic carbocycles. The van der Waals surface area contributed by atoms with Crippen LogP contribution >= 0.6 is 0 Å². The van der Waals surface area contributed by atoms with Crippen LogP contribution in [-0.2, 0) is 4.43 Å². The fraction of sp³-hybridized carbons (Fsp3) is 1.00. The van der Waals surface area contributed by atoms with Gasteiger partial charge in [0, 0.05) is 6.61 Å². The predicted molar refractivity (Wildman–Crippen MR) is 48.6 cm³/mol. The molecule has 1 nitrogen and oxygen atoms in total. The summed E-state index contributed by atoms with van der Waals surface area (Å²) in [5.41, 5.74) is 0. The molecule has 0 amide bonds. The van der Waals surface area contributed by atoms with Crippen molar-refractivity contribution in [3.63, 3.8) is 0 Å². The van der Waals surface area contributed by atoms with Crippen LogP contribution in [0.4, 0.5) is 13.2 Å². The maximum atomic E-state index is 12.5. The maximum Gasteiger partial charge on any atom is 1.00 e. The van der Waals surface area contributed by atoms with E-state index in [4.69, 9.17) is 4.43 Å². The van der Waals surface area contributed by atoms with Crippen molar-refractivity contribution in [3.05, 3.63) is 0 Å². The van der Waals surface area contributed by atoms with Crippen LogP contribution in [0, 0.1) is 0 Å². The minimum atomic E-state index is -2.82. The Morgan fingerprint density at radius 3 is 2.50 bits per heavy atom. The molecule has 2 unspecified atom stereocenters. The third-order valence-corrected chi connectivity index (χ3v) is 5.05. The van der Waals surface area contributed by atoms with Gasteiger partial charge in [0.1, 0.15) is 0 Å². The van der Waals surface area contributed by atoms with Crippen molar-refractivity contribution in [2.45, 2.75) is 43.9 Å². The Morgan fingerprint density at radius 2 is 2.00 bits per heavy atom. The average Bonchev–Trinajstić information content (AvgIpc) is 2.15. The molecule has 1 heterocycles. The summed E-state index contributed by atoms with van der Waals surface area (Å²) < 4.78 is 41.5. The van der Waals surface area contributed by atoms with Crippen molar-refractivity contribution in [1.82, 2.24) is 0 Å². The predicted octanol–water partition coefficient (Wildman–Crippen LogP) is -0.370. The second kappa shape index (κ2) is 8.16. The van der Waals surface area contributed by atoms with Gasteiger partial charge in [0.25, 0.3) is 6.43 Å². The van der Waals surface area contributed by atoms with Gasteiger partial charge in [-0.2, -0.15) is 0 Å². The molecule has 0 bridgehead atoms. The maximum absolute atomic E-state index is 12.5. The van der Waals surface area contributed by atoms with E-state index >= 15 is 0 Å². The summed E-state index contributed by atoms with van der Waals surface area (Å²) in [6.45, 7) is 0.752. The smallest absolute Gasteiger partial charge is 1.00 e. The fourth-order valence-electron chi connectivity index (χ4n) is 1.51. The van der Waals surface area contributed by atoms with Crippen molar-refractivity contribution < 1.29 is 48.6 Å². The third-order valence-electron chi connectivity index (χ3n) is 2.31. The molecule has 0 aromatic heterocycles. The van der Waals surface area contributed by atoms with Gasteiger partial charge >= 0.3 is 29.6 Å². The van der Waals surface area contributed by atoms with Crippen LogP contribution in [0.5, 0.6) is 0 Å². The second-order valence-electron chi connectivity index (χ2n) is 3.42. The zero-order valence-corrected chi connectivity index (χ0v) is 11.7. The molecule has 80 valence electrons. The summed E-state index contributed by atoms with van der Waals surface area (Å²) in [5, 5.41) is 0. The van der Waals surface area contributed by atoms with Gasteiger partial charge in [0.2, 0.25) is 0 Å². The van der Waals surface area contributed by atoms with Crippen LogP contribution < -0.4 is 29.6 Å². The summed E-state index contributed by atoms with van der Waals surface area (Å²) in [4.78, 5) is 0. The van der Waals surface area contributed by atoms with Gasteiger partial charge in [0.15, 0.2) is 15.2 Å². The molecule has 1 aliphatic heterocycles. The van der Waals surface area contributed by atoms with E-state index < -0.39 is 21.6 Å². The van der Waals surface area contributed by atoms with Crippen molar-refractivity contribution >= 4 is 9.04 Å². The van der Waals surface area contributed by atoms with Crippen LogP contribution in [0.15, 0.2) is 0 Å². The van der Waals surface area contributed by atoms with Crippen LogP contribution in [0.2, 0.25) is 12.1 Å². The summed E-state index contributed by atoms with van der Waals surface area (Å²) in [6.07, 6.45) is -2.59. The number of halogens is 3. The standard InChI is InChI=1S/C8H15F3OSi.Na.H/c9-7(8(10)11)3-6-13-5-2-1-4-12-13;;/h7-8,13H,1-6H2;;/q;+1;-1. The Bertz CT molecular complexity index is 150. The average molecular weight is 236 g/mol. The first-order valence-corrected chi connectivity index (χ1v) is 6.84. The van der Waals surface area contributed by atoms with Crippen LogP contribution in [0.1, 0.15) is 20.7 Å². The Hall–Kier alpha value is 0.967. The topological polar surface area (TPSA) is 9.23 Å². The molecule has 0 aromatic carbocycles. The van der Waals surface area contributed by atoms with Gasteiger partial charge in [0.05, 0.1) is 0 Å². The van der Waals surface area contributed by atoms with E-state index in [2.05, 4.69) is 0 Å². The quantitative estimate of drug-likeness (QED) is 0.605. The SMILES string of the molecule is FC(F)C(F)CC[SiH]1CCCCO1.[H-].[Na+]. The number of hydrogen-bond donors (Lipinski definition) is 0. The van der Waals surface area contributed by atoms with Crippen molar-refractivity contribution in [3.8, 4) is 0 Å². The second-order valence-corrected chi connectivity index (χ2v) is 6.15. The molecule has 1 rings (SSSR count). The number of rotatable bonds is 4. The van der Waals surface area contributed by atoms with Crippen molar-refractivity contribution in [1.29, 1.82) is 0 Å². The molecule has 6 heteroatoms. The van der Waals surface area contributed by atoms with E-state index in [0.29, 0.717) is 6.04 Å². The van der Waals surface area contributed by atoms with Gasteiger partial charge in [-0.05, 0) is 24.9 Å². The van der Waals surface area contributed by atoms with Gasteiger partial charge in [-0.15, -0.1) is 0 Å². The molecule has 1 aliphatic rings. The molecule has 14 heavy (non-hydrogen) atoms. The molecule has 0 aromatic rings. The normalized spacial score (nSPS) is 24.4. The molecule has 2 atom stereocenters. The first kappa shape index (κ1) is 15.0. The van der Waals surface area contributed by atoms with E-state index in [9.17, 15) is 13.2 Å². The Balaban J connectivity index is 0. The summed E-state index contributed by atoms with van der Waals surface area (Å²) in [5.74, 6) is 0. The van der Waals surface area contributed by atoms with Crippen molar-refractivity contribution in [2.75, 3.05) is 6.61 Å². The minimum absolute atomic E-state index is 0. The zero-order chi connectivity index (χ0) is 9.68. The molecule has 0 radical (unpaired) electrons. The van der Waals surface area contributed by atoms with E-state index in [-0.39, 0.29) is 37.4 Å². The first-order chi connectivity index (χ1) is 6.20. The van der Waals surface area contributed by atoms with Gasteiger partial charge in [-0.25, -0.2) is 13.2 Å². The van der Waals surface area contributed by atoms with E-state index in [1.54, 1.807) is 0 Å². The molecule has 0 N–H and O–H groups in total. The Kier molecular flexibility index (Phi) is 8.72. The monoisotopic (exact) mass is 236 g/mol. The molecular formula is C8H16F3NaOSi. The number of hydrogen-bond acceptors (Lipinski definition) is 1. The third kappa shape index (κ3) is 5.75. The fourth-order valence-corrected chi connectivity index (χ4v) is 4.06. The van der Waals surface area contributed by atoms with E-state index in [1.165, 1.54) is 0 Å². The Labute approximate surface area is 108 Å². The van der Waals surface area contributed by atoms with Gasteiger partial charge in [-0.3, -0.25) is 0 Å². The van der Waals surface area contributed by atoms with E-state index in [1.807, 2.05) is 0 Å². The van der Waals surface area contributed by atoms with E-state index in [0.717, 1.165) is 25.5 Å². The van der Waals surface area contributed by atoms with Gasteiger partial charge < -0.3 is 5.85 Å². The van der Waals surface area contributed by atoms with Crippen LogP contribution in [0.25, 0.3) is 0 Å². The molecule has 1 saturated heterocycles. The van der Waals surface area contributed by atoms with Crippen molar-refractivity contribution in [2.24, 2.45) is 0 Å². The van der Waals surface area contributed by atoms with Crippen LogP contribution in [-0.4, -0.2) is 28.2 Å². The minimum Gasteiger partial charge on any atom is -1.00 e.